The predicted molar refractivity (Wildman–Crippen MR) is 283 cm³/mol. The van der Waals surface area contributed by atoms with Crippen molar-refractivity contribution < 1.29 is 34.8 Å². The number of aliphatic hydroxyl groups excluding tert-OH is 1. The topological polar surface area (TPSA) is 132 Å². The van der Waals surface area contributed by atoms with E-state index in [2.05, 4.69) is 64.2 Å². The number of carboxylic acids is 3. The Labute approximate surface area is 404 Å². The van der Waals surface area contributed by atoms with Crippen LogP contribution in [-0.4, -0.2) is 44.9 Å². The third-order valence-corrected chi connectivity index (χ3v) is 11.5. The van der Waals surface area contributed by atoms with Gasteiger partial charge in [0.05, 0.1) is 0 Å². The largest absolute Gasteiger partial charge is 0.481 e. The lowest BCUT2D eigenvalue weighted by Gasteiger charge is -1.99. The lowest BCUT2D eigenvalue weighted by atomic mass is 10.1. The number of hydrogen-bond acceptors (Lipinski definition) is 4. The molecule has 65 heavy (non-hydrogen) atoms. The fourth-order valence-electron chi connectivity index (χ4n) is 7.20. The Balaban J connectivity index is -0.000000407. The van der Waals surface area contributed by atoms with Crippen LogP contribution in [0.4, 0.5) is 0 Å². The average Bonchev–Trinajstić information content (AvgIpc) is 3.28. The first-order valence-electron chi connectivity index (χ1n) is 27.9. The lowest BCUT2D eigenvalue weighted by molar-refractivity contribution is -0.138. The second kappa shape index (κ2) is 68.2. The molecule has 0 aliphatic carbocycles. The number of aliphatic carboxylic acids is 3. The Morgan fingerprint density at radius 1 is 0.262 bits per heavy atom. The van der Waals surface area contributed by atoms with Gasteiger partial charge in [0.15, 0.2) is 0 Å². The maximum absolute atomic E-state index is 10.3. The molecule has 0 aromatic carbocycles. The van der Waals surface area contributed by atoms with Crippen molar-refractivity contribution in [2.45, 2.75) is 310 Å². The molecule has 7 heteroatoms. The monoisotopic (exact) mass is 921 g/mol. The zero-order chi connectivity index (χ0) is 48.8. The molecule has 0 aliphatic rings. The van der Waals surface area contributed by atoms with E-state index >= 15 is 0 Å². The van der Waals surface area contributed by atoms with E-state index in [4.69, 9.17) is 20.4 Å². The van der Waals surface area contributed by atoms with Gasteiger partial charge in [-0.25, -0.2) is 0 Å². The Morgan fingerprint density at radius 2 is 0.431 bits per heavy atom. The van der Waals surface area contributed by atoms with Crippen LogP contribution in [0.2, 0.25) is 0 Å². The Morgan fingerprint density at radius 3 is 0.585 bits per heavy atom. The van der Waals surface area contributed by atoms with E-state index in [0.29, 0.717) is 25.9 Å². The molecule has 0 atom stereocenters. The van der Waals surface area contributed by atoms with Crippen LogP contribution in [0.1, 0.15) is 310 Å². The van der Waals surface area contributed by atoms with Crippen molar-refractivity contribution in [1.82, 2.24) is 0 Å². The van der Waals surface area contributed by atoms with Crippen LogP contribution in [0.3, 0.4) is 0 Å². The number of aliphatic hydroxyl groups is 1. The molecule has 4 N–H and O–H groups in total. The van der Waals surface area contributed by atoms with Gasteiger partial charge in [-0.05, 0) is 103 Å². The molecule has 0 saturated carbocycles. The summed E-state index contributed by atoms with van der Waals surface area (Å²) in [4.78, 5) is 31.0. The maximum Gasteiger partial charge on any atom is 0.303 e. The zero-order valence-corrected chi connectivity index (χ0v) is 43.8. The van der Waals surface area contributed by atoms with Gasteiger partial charge in [-0.1, -0.05) is 225 Å². The van der Waals surface area contributed by atoms with Gasteiger partial charge < -0.3 is 20.4 Å². The molecule has 0 saturated heterocycles. The van der Waals surface area contributed by atoms with Crippen molar-refractivity contribution in [2.75, 3.05) is 6.61 Å². The highest BCUT2D eigenvalue weighted by Crippen LogP contribution is 2.13. The third kappa shape index (κ3) is 85.5. The minimum atomic E-state index is -0.664. The standard InChI is InChI=1S/3C18H34O2.C4H10O/c3*1-2-3-4-5-6-7-8-9-10-11-12-13-14-15-16-17-18(19)20;1-2-3-4-5/h3*9-10H,2-8,11-17H2,1H3,(H,19,20);5H,2-4H2,1H3/b3*10-9-;. The van der Waals surface area contributed by atoms with E-state index in [9.17, 15) is 14.4 Å². The second-order valence-corrected chi connectivity index (χ2v) is 18.3. The number of carboxylic acid groups (broad SMARTS) is 3. The van der Waals surface area contributed by atoms with Crippen molar-refractivity contribution >= 4 is 17.9 Å². The first kappa shape index (κ1) is 69.2. The number of hydrogen-bond donors (Lipinski definition) is 4. The Hall–Kier alpha value is -2.41. The van der Waals surface area contributed by atoms with E-state index in [1.54, 1.807) is 0 Å². The van der Waals surface area contributed by atoms with Crippen molar-refractivity contribution in [3.8, 4) is 0 Å². The van der Waals surface area contributed by atoms with Gasteiger partial charge in [0.2, 0.25) is 0 Å². The molecule has 0 rings (SSSR count). The van der Waals surface area contributed by atoms with Crippen LogP contribution in [0.15, 0.2) is 36.5 Å². The van der Waals surface area contributed by atoms with E-state index in [0.717, 1.165) is 51.4 Å². The van der Waals surface area contributed by atoms with Crippen LogP contribution >= 0.6 is 0 Å². The van der Waals surface area contributed by atoms with Crippen LogP contribution in [-0.2, 0) is 14.4 Å². The van der Waals surface area contributed by atoms with Gasteiger partial charge >= 0.3 is 17.9 Å². The first-order valence-corrected chi connectivity index (χ1v) is 27.9. The van der Waals surface area contributed by atoms with Crippen LogP contribution in [0.25, 0.3) is 0 Å². The minimum Gasteiger partial charge on any atom is -0.481 e. The normalized spacial score (nSPS) is 11.0. The summed E-state index contributed by atoms with van der Waals surface area (Å²) in [6.07, 6.45) is 65.8. The summed E-state index contributed by atoms with van der Waals surface area (Å²) >= 11 is 0. The second-order valence-electron chi connectivity index (χ2n) is 18.3. The van der Waals surface area contributed by atoms with Crippen molar-refractivity contribution in [3.63, 3.8) is 0 Å². The minimum absolute atomic E-state index is 0.332. The summed E-state index contributed by atoms with van der Waals surface area (Å²) in [6, 6.07) is 0. The van der Waals surface area contributed by atoms with Gasteiger partial charge in [0.25, 0.3) is 0 Å². The number of carbonyl (C=O) groups is 3. The molecule has 0 unspecified atom stereocenters. The molecule has 0 spiro atoms. The summed E-state index contributed by atoms with van der Waals surface area (Å²) in [5.74, 6) is -1.99. The number of allylic oxidation sites excluding steroid dienone is 6. The van der Waals surface area contributed by atoms with Gasteiger partial charge in [-0.2, -0.15) is 0 Å². The van der Waals surface area contributed by atoms with Crippen LogP contribution in [0, 0.1) is 0 Å². The number of rotatable bonds is 47. The van der Waals surface area contributed by atoms with Crippen LogP contribution in [0.5, 0.6) is 0 Å². The fraction of sp³-hybridized carbons (Fsp3) is 0.845. The summed E-state index contributed by atoms with van der Waals surface area (Å²) in [5, 5.41) is 33.6. The molecule has 0 aromatic rings. The summed E-state index contributed by atoms with van der Waals surface area (Å²) in [7, 11) is 0. The molecule has 0 aromatic heterocycles. The third-order valence-electron chi connectivity index (χ3n) is 11.5. The molecule has 0 aliphatic heterocycles. The lowest BCUT2D eigenvalue weighted by Crippen LogP contribution is -1.93. The van der Waals surface area contributed by atoms with E-state index < -0.39 is 17.9 Å². The zero-order valence-electron chi connectivity index (χ0n) is 43.8. The first-order chi connectivity index (χ1) is 31.7. The van der Waals surface area contributed by atoms with Gasteiger partial charge in [0, 0.05) is 25.9 Å². The molecule has 7 nitrogen and oxygen atoms in total. The smallest absolute Gasteiger partial charge is 0.303 e. The molecule has 386 valence electrons. The highest BCUT2D eigenvalue weighted by Gasteiger charge is 1.98. The van der Waals surface area contributed by atoms with Crippen molar-refractivity contribution in [3.05, 3.63) is 36.5 Å². The fourth-order valence-corrected chi connectivity index (χ4v) is 7.20. The highest BCUT2D eigenvalue weighted by atomic mass is 16.4. The summed E-state index contributed by atoms with van der Waals surface area (Å²) in [5.41, 5.74) is 0. The number of unbranched alkanes of at least 4 members (excludes halogenated alkanes) is 34. The molecule has 0 radical (unpaired) electrons. The van der Waals surface area contributed by atoms with Crippen molar-refractivity contribution in [1.29, 1.82) is 0 Å². The molecule has 0 fully saturated rings. The maximum atomic E-state index is 10.3. The summed E-state index contributed by atoms with van der Waals surface area (Å²) < 4.78 is 0. The van der Waals surface area contributed by atoms with Gasteiger partial charge in [-0.3, -0.25) is 14.4 Å². The van der Waals surface area contributed by atoms with E-state index in [1.807, 2.05) is 0 Å². The Bertz CT molecular complexity index is 868. The van der Waals surface area contributed by atoms with Crippen molar-refractivity contribution in [2.24, 2.45) is 0 Å². The highest BCUT2D eigenvalue weighted by molar-refractivity contribution is 5.67. The van der Waals surface area contributed by atoms with E-state index in [1.165, 1.54) is 212 Å². The molecule has 0 bridgehead atoms. The summed E-state index contributed by atoms with van der Waals surface area (Å²) in [6.45, 7) is 9.17. The van der Waals surface area contributed by atoms with E-state index in [-0.39, 0.29) is 0 Å². The SMILES string of the molecule is CCCCCCCC/C=C\CCCCCCCC(=O)O.CCCCCCCC/C=C\CCCCCCCC(=O)O.CCCCCCCC/C=C\CCCCCCCC(=O)O.CCCCO. The Kier molecular flexibility index (Phi) is 72.5. The predicted octanol–water partition coefficient (Wildman–Crippen LogP) is 19.1. The molecule has 0 amide bonds. The van der Waals surface area contributed by atoms with Gasteiger partial charge in [0.1, 0.15) is 0 Å². The van der Waals surface area contributed by atoms with Gasteiger partial charge in [-0.15, -0.1) is 0 Å². The molecular weight excluding hydrogens is 809 g/mol. The van der Waals surface area contributed by atoms with Crippen LogP contribution < -0.4 is 0 Å². The molecular formula is C58H112O7. The average molecular weight is 922 g/mol. The molecule has 0 heterocycles. The quantitative estimate of drug-likeness (QED) is 0.0353.